The first kappa shape index (κ1) is 8.12. The third kappa shape index (κ3) is 2.44. The van der Waals surface area contributed by atoms with Crippen molar-refractivity contribution >= 4 is 0 Å². The van der Waals surface area contributed by atoms with Crippen LogP contribution in [0.15, 0.2) is 24.4 Å². The summed E-state index contributed by atoms with van der Waals surface area (Å²) in [6.07, 6.45) is 1.72. The molecule has 0 aliphatic rings. The standard InChI is InChI=1S/C6H6N.Y/c1-6-4-2-3-5-7-6;/h2-5H,1H2;/q-1;+3. The van der Waals surface area contributed by atoms with Gasteiger partial charge >= 0.3 is 32.7 Å². The number of nitrogens with zero attached hydrogens (tertiary/aromatic N) is 1. The van der Waals surface area contributed by atoms with Gasteiger partial charge in [0, 0.05) is 6.20 Å². The fraction of sp³-hybridized carbons (Fsp3) is 0. The van der Waals surface area contributed by atoms with Gasteiger partial charge in [-0.1, -0.05) is 6.07 Å². The Kier molecular flexibility index (Phi) is 4.11. The first-order valence-corrected chi connectivity index (χ1v) is 2.12. The van der Waals surface area contributed by atoms with Crippen molar-refractivity contribution in [1.29, 1.82) is 0 Å². The van der Waals surface area contributed by atoms with Crippen LogP contribution >= 0.6 is 0 Å². The quantitative estimate of drug-likeness (QED) is 0.549. The van der Waals surface area contributed by atoms with Gasteiger partial charge in [0.25, 0.3) is 0 Å². The van der Waals surface area contributed by atoms with E-state index >= 15 is 0 Å². The van der Waals surface area contributed by atoms with E-state index in [1.807, 2.05) is 18.2 Å². The van der Waals surface area contributed by atoms with E-state index in [4.69, 9.17) is 0 Å². The zero-order chi connectivity index (χ0) is 5.11. The monoisotopic (exact) mass is 181 g/mol. The van der Waals surface area contributed by atoms with E-state index in [0.29, 0.717) is 0 Å². The molecule has 36 valence electrons. The Bertz CT molecular complexity index is 138. The number of hydrogen-bond acceptors (Lipinski definition) is 1. The molecule has 0 aromatic carbocycles. The van der Waals surface area contributed by atoms with Gasteiger partial charge in [-0.25, -0.2) is 6.92 Å². The summed E-state index contributed by atoms with van der Waals surface area (Å²) in [5.74, 6) is 0. The Morgan fingerprint density at radius 3 is 2.38 bits per heavy atom. The number of hydrogen-bond donors (Lipinski definition) is 0. The summed E-state index contributed by atoms with van der Waals surface area (Å²) >= 11 is 0. The largest absolute Gasteiger partial charge is 3.00 e. The molecule has 2 heteroatoms. The second-order valence-electron chi connectivity index (χ2n) is 1.32. The summed E-state index contributed by atoms with van der Waals surface area (Å²) in [5, 5.41) is 0. The summed E-state index contributed by atoms with van der Waals surface area (Å²) in [4.78, 5) is 3.87. The topological polar surface area (TPSA) is 12.9 Å². The van der Waals surface area contributed by atoms with Crippen molar-refractivity contribution < 1.29 is 32.7 Å². The molecule has 0 N–H and O–H groups in total. The molecular formula is C6H6NY+2. The molecule has 0 spiro atoms. The minimum atomic E-state index is 0. The Balaban J connectivity index is 0.000000490. The van der Waals surface area contributed by atoms with E-state index in [-0.39, 0.29) is 32.7 Å². The van der Waals surface area contributed by atoms with E-state index in [1.165, 1.54) is 0 Å². The maximum Gasteiger partial charge on any atom is 3.00 e. The number of rotatable bonds is 0. The average Bonchev–Trinajstić information content (AvgIpc) is 1.69. The Hall–Kier alpha value is 0.124. The van der Waals surface area contributed by atoms with Gasteiger partial charge in [-0.2, -0.15) is 6.07 Å². The van der Waals surface area contributed by atoms with Crippen LogP contribution in [-0.4, -0.2) is 4.98 Å². The third-order valence-corrected chi connectivity index (χ3v) is 0.726. The molecule has 0 atom stereocenters. The maximum atomic E-state index is 3.87. The van der Waals surface area contributed by atoms with Crippen molar-refractivity contribution in [2.45, 2.75) is 0 Å². The second kappa shape index (κ2) is 4.05. The van der Waals surface area contributed by atoms with Crippen LogP contribution in [0.2, 0.25) is 0 Å². The minimum Gasteiger partial charge on any atom is -0.296 e. The van der Waals surface area contributed by atoms with Crippen LogP contribution in [0.1, 0.15) is 5.69 Å². The van der Waals surface area contributed by atoms with Crippen LogP contribution < -0.4 is 0 Å². The minimum absolute atomic E-state index is 0. The van der Waals surface area contributed by atoms with Crippen molar-refractivity contribution in [3.8, 4) is 0 Å². The van der Waals surface area contributed by atoms with Gasteiger partial charge in [-0.3, -0.25) is 4.98 Å². The molecule has 0 aliphatic carbocycles. The van der Waals surface area contributed by atoms with E-state index in [9.17, 15) is 0 Å². The molecular weight excluding hydrogens is 175 g/mol. The predicted molar refractivity (Wildman–Crippen MR) is 28.7 cm³/mol. The molecule has 0 amide bonds. The Labute approximate surface area is 74.4 Å². The second-order valence-corrected chi connectivity index (χ2v) is 1.32. The van der Waals surface area contributed by atoms with E-state index < -0.39 is 0 Å². The van der Waals surface area contributed by atoms with E-state index in [2.05, 4.69) is 11.9 Å². The van der Waals surface area contributed by atoms with Crippen molar-refractivity contribution in [3.05, 3.63) is 37.0 Å². The summed E-state index contributed by atoms with van der Waals surface area (Å²) < 4.78 is 0. The van der Waals surface area contributed by atoms with Crippen LogP contribution in [-0.2, 0) is 32.7 Å². The van der Waals surface area contributed by atoms with Crippen molar-refractivity contribution in [1.82, 2.24) is 4.98 Å². The van der Waals surface area contributed by atoms with Crippen LogP contribution in [0.5, 0.6) is 0 Å². The van der Waals surface area contributed by atoms with Crippen LogP contribution in [0.3, 0.4) is 0 Å². The fourth-order valence-electron chi connectivity index (χ4n) is 0.398. The molecule has 0 bridgehead atoms. The van der Waals surface area contributed by atoms with Crippen LogP contribution in [0.25, 0.3) is 0 Å². The average molecular weight is 181 g/mol. The molecule has 0 unspecified atom stereocenters. The summed E-state index contributed by atoms with van der Waals surface area (Å²) in [6.45, 7) is 3.61. The molecule has 0 saturated heterocycles. The smallest absolute Gasteiger partial charge is 0.296 e. The van der Waals surface area contributed by atoms with Gasteiger partial charge in [-0.15, -0.1) is 11.8 Å². The summed E-state index contributed by atoms with van der Waals surface area (Å²) in [5.41, 5.74) is 0.822. The molecule has 0 aliphatic heterocycles. The van der Waals surface area contributed by atoms with Gasteiger partial charge in [0.05, 0.1) is 0 Å². The maximum absolute atomic E-state index is 3.87. The van der Waals surface area contributed by atoms with Gasteiger partial charge in [0.1, 0.15) is 0 Å². The fourth-order valence-corrected chi connectivity index (χ4v) is 0.398. The zero-order valence-electron chi connectivity index (χ0n) is 4.54. The molecule has 1 aromatic heterocycles. The van der Waals surface area contributed by atoms with Crippen LogP contribution in [0, 0.1) is 6.92 Å². The van der Waals surface area contributed by atoms with Gasteiger partial charge in [0.15, 0.2) is 0 Å². The number of aromatic nitrogens is 1. The van der Waals surface area contributed by atoms with Gasteiger partial charge in [0.2, 0.25) is 0 Å². The molecule has 0 radical (unpaired) electrons. The zero-order valence-corrected chi connectivity index (χ0v) is 7.38. The third-order valence-electron chi connectivity index (χ3n) is 0.726. The Morgan fingerprint density at radius 1 is 1.38 bits per heavy atom. The SMILES string of the molecule is [CH2-]c1ccccn1.[Y+3]. The molecule has 0 saturated carbocycles. The normalized spacial score (nSPS) is 7.50. The molecule has 0 fully saturated rings. The molecule has 1 aromatic rings. The summed E-state index contributed by atoms with van der Waals surface area (Å²) in [6, 6.07) is 5.64. The van der Waals surface area contributed by atoms with Crippen LogP contribution in [0.4, 0.5) is 0 Å². The first-order valence-electron chi connectivity index (χ1n) is 2.12. The first-order chi connectivity index (χ1) is 3.39. The molecule has 8 heavy (non-hydrogen) atoms. The summed E-state index contributed by atoms with van der Waals surface area (Å²) in [7, 11) is 0. The predicted octanol–water partition coefficient (Wildman–Crippen LogP) is 1.26. The van der Waals surface area contributed by atoms with Crippen molar-refractivity contribution in [3.63, 3.8) is 0 Å². The Morgan fingerprint density at radius 2 is 2.12 bits per heavy atom. The van der Waals surface area contributed by atoms with E-state index in [1.54, 1.807) is 6.20 Å². The molecule has 1 heterocycles. The number of pyridine rings is 1. The molecule has 1 rings (SSSR count). The van der Waals surface area contributed by atoms with Gasteiger partial charge in [-0.05, 0) is 0 Å². The molecule has 1 nitrogen and oxygen atoms in total. The van der Waals surface area contributed by atoms with Crippen molar-refractivity contribution in [2.75, 3.05) is 0 Å². The van der Waals surface area contributed by atoms with E-state index in [0.717, 1.165) is 5.69 Å². The van der Waals surface area contributed by atoms with Crippen molar-refractivity contribution in [2.24, 2.45) is 0 Å². The van der Waals surface area contributed by atoms with Gasteiger partial charge < -0.3 is 0 Å².